The zero-order chi connectivity index (χ0) is 15.4. The van der Waals surface area contributed by atoms with Crippen molar-refractivity contribution in [3.8, 4) is 0 Å². The average molecular weight is 289 g/mol. The van der Waals surface area contributed by atoms with Crippen molar-refractivity contribution in [2.24, 2.45) is 5.73 Å². The van der Waals surface area contributed by atoms with E-state index >= 15 is 0 Å². The number of hydrogen-bond acceptors (Lipinski definition) is 4. The van der Waals surface area contributed by atoms with E-state index in [1.54, 1.807) is 0 Å². The Kier molecular flexibility index (Phi) is 5.20. The zero-order valence-corrected chi connectivity index (χ0v) is 13.6. The molecule has 0 amide bonds. The van der Waals surface area contributed by atoms with Gasteiger partial charge >= 0.3 is 0 Å². The number of anilines is 1. The maximum absolute atomic E-state index is 6.02. The van der Waals surface area contributed by atoms with Crippen LogP contribution < -0.4 is 10.6 Å². The van der Waals surface area contributed by atoms with E-state index in [-0.39, 0.29) is 6.04 Å². The minimum Gasteiger partial charge on any atom is -0.358 e. The Hall–Kier alpha value is -1.59. The molecular weight excluding hydrogens is 262 g/mol. The van der Waals surface area contributed by atoms with Gasteiger partial charge in [-0.3, -0.25) is 0 Å². The molecule has 0 aliphatic rings. The standard InChI is InChI=1S/C16H27N5/c1-13(17)12-14-16(20(4)10-7-9-19(2)3)18-15-8-5-6-11-21(14)15/h5-6,8,11,13H,7,9-10,12,17H2,1-4H3. The quantitative estimate of drug-likeness (QED) is 0.841. The molecule has 5 nitrogen and oxygen atoms in total. The van der Waals surface area contributed by atoms with E-state index < -0.39 is 0 Å². The molecule has 0 bridgehead atoms. The van der Waals surface area contributed by atoms with Gasteiger partial charge in [0.15, 0.2) is 5.82 Å². The van der Waals surface area contributed by atoms with Crippen molar-refractivity contribution >= 4 is 11.5 Å². The molecule has 2 aromatic rings. The van der Waals surface area contributed by atoms with E-state index in [1.165, 1.54) is 5.69 Å². The summed E-state index contributed by atoms with van der Waals surface area (Å²) < 4.78 is 2.15. The predicted octanol–water partition coefficient (Wildman–Crippen LogP) is 1.61. The van der Waals surface area contributed by atoms with Crippen LogP contribution in [-0.4, -0.2) is 54.6 Å². The summed E-state index contributed by atoms with van der Waals surface area (Å²) in [6.45, 7) is 4.12. The first-order chi connectivity index (χ1) is 9.99. The number of hydrogen-bond donors (Lipinski definition) is 1. The van der Waals surface area contributed by atoms with Crippen LogP contribution in [0, 0.1) is 0 Å². The summed E-state index contributed by atoms with van der Waals surface area (Å²) in [7, 11) is 6.32. The van der Waals surface area contributed by atoms with Gasteiger partial charge in [0, 0.05) is 32.3 Å². The van der Waals surface area contributed by atoms with Gasteiger partial charge in [0.25, 0.3) is 0 Å². The van der Waals surface area contributed by atoms with E-state index in [0.29, 0.717) is 0 Å². The summed E-state index contributed by atoms with van der Waals surface area (Å²) in [5.74, 6) is 1.05. The fraction of sp³-hybridized carbons (Fsp3) is 0.562. The molecule has 0 aliphatic heterocycles. The molecule has 2 heterocycles. The lowest BCUT2D eigenvalue weighted by Crippen LogP contribution is -2.26. The van der Waals surface area contributed by atoms with Crippen molar-refractivity contribution in [3.63, 3.8) is 0 Å². The van der Waals surface area contributed by atoms with E-state index in [9.17, 15) is 0 Å². The lowest BCUT2D eigenvalue weighted by atomic mass is 10.2. The molecule has 0 aromatic carbocycles. The first-order valence-electron chi connectivity index (χ1n) is 7.56. The molecule has 2 N–H and O–H groups in total. The summed E-state index contributed by atoms with van der Waals surface area (Å²) in [4.78, 5) is 9.24. The maximum Gasteiger partial charge on any atom is 0.150 e. The van der Waals surface area contributed by atoms with Crippen molar-refractivity contribution in [2.75, 3.05) is 39.1 Å². The Morgan fingerprint density at radius 1 is 1.24 bits per heavy atom. The van der Waals surface area contributed by atoms with E-state index in [1.807, 2.05) is 25.1 Å². The lowest BCUT2D eigenvalue weighted by Gasteiger charge is -2.20. The van der Waals surface area contributed by atoms with Crippen LogP contribution in [0.15, 0.2) is 24.4 Å². The smallest absolute Gasteiger partial charge is 0.150 e. The van der Waals surface area contributed by atoms with E-state index in [4.69, 9.17) is 10.7 Å². The molecule has 21 heavy (non-hydrogen) atoms. The molecule has 116 valence electrons. The number of imidazole rings is 1. The molecule has 2 rings (SSSR count). The van der Waals surface area contributed by atoms with Crippen LogP contribution in [0.4, 0.5) is 5.82 Å². The fourth-order valence-corrected chi connectivity index (χ4v) is 2.56. The lowest BCUT2D eigenvalue weighted by molar-refractivity contribution is 0.401. The van der Waals surface area contributed by atoms with Gasteiger partial charge in [-0.2, -0.15) is 0 Å². The van der Waals surface area contributed by atoms with Gasteiger partial charge in [0.1, 0.15) is 5.65 Å². The zero-order valence-electron chi connectivity index (χ0n) is 13.6. The largest absolute Gasteiger partial charge is 0.358 e. The fourth-order valence-electron chi connectivity index (χ4n) is 2.56. The van der Waals surface area contributed by atoms with Crippen LogP contribution in [0.1, 0.15) is 19.0 Å². The number of pyridine rings is 1. The van der Waals surface area contributed by atoms with Crippen LogP contribution in [-0.2, 0) is 6.42 Å². The summed E-state index contributed by atoms with van der Waals surface area (Å²) in [5, 5.41) is 0. The van der Waals surface area contributed by atoms with Crippen LogP contribution in [0.3, 0.4) is 0 Å². The molecule has 0 saturated heterocycles. The Balaban J connectivity index is 2.24. The number of rotatable bonds is 7. The molecular formula is C16H27N5. The molecule has 1 unspecified atom stereocenters. The number of aromatic nitrogens is 2. The molecule has 1 atom stereocenters. The van der Waals surface area contributed by atoms with Crippen LogP contribution in [0.2, 0.25) is 0 Å². The summed E-state index contributed by atoms with van der Waals surface area (Å²) >= 11 is 0. The molecule has 2 aromatic heterocycles. The molecule has 0 saturated carbocycles. The highest BCUT2D eigenvalue weighted by Crippen LogP contribution is 2.22. The second kappa shape index (κ2) is 6.91. The van der Waals surface area contributed by atoms with Gasteiger partial charge < -0.3 is 19.9 Å². The minimum atomic E-state index is 0.124. The average Bonchev–Trinajstić information content (AvgIpc) is 2.77. The highest BCUT2D eigenvalue weighted by atomic mass is 15.2. The summed E-state index contributed by atoms with van der Waals surface area (Å²) in [6.07, 6.45) is 4.02. The van der Waals surface area contributed by atoms with Gasteiger partial charge in [-0.15, -0.1) is 0 Å². The van der Waals surface area contributed by atoms with Gasteiger partial charge in [-0.05, 0) is 46.1 Å². The van der Waals surface area contributed by atoms with Crippen molar-refractivity contribution in [3.05, 3.63) is 30.1 Å². The van der Waals surface area contributed by atoms with Crippen molar-refractivity contribution in [2.45, 2.75) is 25.8 Å². The van der Waals surface area contributed by atoms with Crippen LogP contribution in [0.5, 0.6) is 0 Å². The Bertz CT molecular complexity index is 573. The van der Waals surface area contributed by atoms with Crippen LogP contribution >= 0.6 is 0 Å². The summed E-state index contributed by atoms with van der Waals surface area (Å²) in [5.41, 5.74) is 8.21. The number of nitrogens with two attached hydrogens (primary N) is 1. The molecule has 0 spiro atoms. The third-order valence-electron chi connectivity index (χ3n) is 3.58. The normalized spacial score (nSPS) is 13.0. The second-order valence-electron chi connectivity index (χ2n) is 6.07. The topological polar surface area (TPSA) is 49.8 Å². The van der Waals surface area contributed by atoms with E-state index in [0.717, 1.165) is 37.4 Å². The monoisotopic (exact) mass is 289 g/mol. The second-order valence-corrected chi connectivity index (χ2v) is 6.07. The first-order valence-corrected chi connectivity index (χ1v) is 7.56. The first kappa shape index (κ1) is 15.8. The molecule has 5 heteroatoms. The predicted molar refractivity (Wildman–Crippen MR) is 89.0 cm³/mol. The molecule has 0 fully saturated rings. The van der Waals surface area contributed by atoms with Gasteiger partial charge in [0.2, 0.25) is 0 Å². The molecule has 0 aliphatic carbocycles. The van der Waals surface area contributed by atoms with Crippen molar-refractivity contribution in [1.29, 1.82) is 0 Å². The summed E-state index contributed by atoms with van der Waals surface area (Å²) in [6, 6.07) is 6.23. The Labute approximate surface area is 127 Å². The minimum absolute atomic E-state index is 0.124. The van der Waals surface area contributed by atoms with Gasteiger partial charge in [-0.25, -0.2) is 4.98 Å². The maximum atomic E-state index is 6.02. The SMILES string of the molecule is CC(N)Cc1c(N(C)CCCN(C)C)nc2ccccn12. The third kappa shape index (κ3) is 3.95. The number of nitrogens with zero attached hydrogens (tertiary/aromatic N) is 4. The Morgan fingerprint density at radius 3 is 2.67 bits per heavy atom. The van der Waals surface area contributed by atoms with Crippen LogP contribution in [0.25, 0.3) is 5.65 Å². The van der Waals surface area contributed by atoms with Crippen molar-refractivity contribution in [1.82, 2.24) is 14.3 Å². The van der Waals surface area contributed by atoms with Crippen molar-refractivity contribution < 1.29 is 0 Å². The van der Waals surface area contributed by atoms with Gasteiger partial charge in [0.05, 0.1) is 5.69 Å². The third-order valence-corrected chi connectivity index (χ3v) is 3.58. The van der Waals surface area contributed by atoms with E-state index in [2.05, 4.69) is 41.5 Å². The highest BCUT2D eigenvalue weighted by molar-refractivity contribution is 5.55. The Morgan fingerprint density at radius 2 is 2.00 bits per heavy atom. The molecule has 0 radical (unpaired) electrons. The number of fused-ring (bicyclic) bond motifs is 1. The highest BCUT2D eigenvalue weighted by Gasteiger charge is 2.16. The van der Waals surface area contributed by atoms with Gasteiger partial charge in [-0.1, -0.05) is 6.07 Å².